The zero-order chi connectivity index (χ0) is 25.8. The van der Waals surface area contributed by atoms with Gasteiger partial charge in [-0.05, 0) is 46.8 Å². The smallest absolute Gasteiger partial charge is 0.294 e. The number of hydrogen-bond acceptors (Lipinski definition) is 6. The van der Waals surface area contributed by atoms with Crippen LogP contribution < -0.4 is 9.64 Å². The van der Waals surface area contributed by atoms with Crippen LogP contribution in [-0.4, -0.2) is 66.2 Å². The number of terminal acetylenes is 1. The molecule has 3 amide bonds. The summed E-state index contributed by atoms with van der Waals surface area (Å²) in [5.41, 5.74) is 1.78. The van der Waals surface area contributed by atoms with Gasteiger partial charge in [0.2, 0.25) is 5.91 Å². The number of carbonyl (C=O) groups is 3. The summed E-state index contributed by atoms with van der Waals surface area (Å²) in [6.45, 7) is 2.26. The first-order chi connectivity index (χ1) is 18.0. The molecule has 2 aliphatic rings. The largest absolute Gasteiger partial charge is 0.480 e. The van der Waals surface area contributed by atoms with Crippen molar-refractivity contribution in [2.24, 2.45) is 0 Å². The summed E-state index contributed by atoms with van der Waals surface area (Å²) in [6, 6.07) is 21.5. The average Bonchev–Trinajstić information content (AvgIpc) is 3.20. The molecule has 0 atom stereocenters. The van der Waals surface area contributed by atoms with Crippen molar-refractivity contribution in [1.29, 1.82) is 0 Å². The molecule has 186 valence electrons. The molecule has 8 heteroatoms. The molecule has 3 aromatic rings. The third-order valence-corrected chi connectivity index (χ3v) is 7.35. The number of imide groups is 1. The number of para-hydroxylation sites is 1. The highest BCUT2D eigenvalue weighted by Crippen LogP contribution is 2.37. The lowest BCUT2D eigenvalue weighted by Crippen LogP contribution is -2.51. The predicted molar refractivity (Wildman–Crippen MR) is 146 cm³/mol. The minimum Gasteiger partial charge on any atom is -0.480 e. The molecule has 0 aromatic heterocycles. The van der Waals surface area contributed by atoms with Crippen molar-refractivity contribution in [2.75, 3.05) is 44.2 Å². The van der Waals surface area contributed by atoms with Crippen molar-refractivity contribution in [1.82, 2.24) is 9.80 Å². The van der Waals surface area contributed by atoms with Gasteiger partial charge in [-0.2, -0.15) is 0 Å². The number of ether oxygens (including phenoxy) is 1. The zero-order valence-corrected chi connectivity index (χ0v) is 20.9. The van der Waals surface area contributed by atoms with Crippen LogP contribution in [0.2, 0.25) is 0 Å². The molecule has 0 aliphatic carbocycles. The van der Waals surface area contributed by atoms with Crippen LogP contribution in [0.5, 0.6) is 5.75 Å². The highest BCUT2D eigenvalue weighted by atomic mass is 32.2. The van der Waals surface area contributed by atoms with Gasteiger partial charge in [0.1, 0.15) is 18.9 Å². The van der Waals surface area contributed by atoms with Crippen LogP contribution in [0, 0.1) is 12.3 Å². The van der Waals surface area contributed by atoms with E-state index >= 15 is 0 Å². The van der Waals surface area contributed by atoms with Gasteiger partial charge >= 0.3 is 0 Å². The average molecular weight is 512 g/mol. The molecule has 3 aromatic carbocycles. The minimum absolute atomic E-state index is 0.0761. The topological polar surface area (TPSA) is 70.2 Å². The van der Waals surface area contributed by atoms with Crippen molar-refractivity contribution in [2.45, 2.75) is 0 Å². The normalized spacial score (nSPS) is 16.9. The number of nitrogens with zero attached hydrogens (tertiary/aromatic N) is 3. The van der Waals surface area contributed by atoms with E-state index in [0.717, 1.165) is 33.1 Å². The molecule has 2 saturated heterocycles. The molecule has 0 unspecified atom stereocenters. The summed E-state index contributed by atoms with van der Waals surface area (Å²) in [5.74, 6) is 2.25. The zero-order valence-electron chi connectivity index (χ0n) is 20.1. The lowest BCUT2D eigenvalue weighted by Gasteiger charge is -2.36. The summed E-state index contributed by atoms with van der Waals surface area (Å²) in [4.78, 5) is 44.1. The quantitative estimate of drug-likeness (QED) is 0.364. The van der Waals surface area contributed by atoms with Gasteiger partial charge in [-0.25, -0.2) is 0 Å². The first kappa shape index (κ1) is 24.5. The molecule has 0 spiro atoms. The maximum atomic E-state index is 13.2. The molecule has 7 nitrogen and oxygen atoms in total. The van der Waals surface area contributed by atoms with Gasteiger partial charge in [0.15, 0.2) is 0 Å². The maximum Gasteiger partial charge on any atom is 0.294 e. The van der Waals surface area contributed by atoms with Gasteiger partial charge in [0, 0.05) is 37.4 Å². The van der Waals surface area contributed by atoms with Crippen molar-refractivity contribution in [3.8, 4) is 18.1 Å². The Bertz CT molecular complexity index is 1420. The third-order valence-electron chi connectivity index (χ3n) is 6.44. The molecular formula is C29H25N3O4S. The fraction of sp³-hybridized carbons (Fsp3) is 0.207. The third kappa shape index (κ3) is 5.18. The standard InChI is InChI=1S/C29H25N3O4S/c1-2-18-36-25-13-12-21-8-6-7-11-23(21)24(25)19-26-28(34)32(29(35)37-26)20-27(33)31-16-14-30(15-17-31)22-9-4-3-5-10-22/h1,3-13,19H,14-18,20H2/b26-19+. The molecule has 0 saturated carbocycles. The fourth-order valence-corrected chi connectivity index (χ4v) is 5.35. The monoisotopic (exact) mass is 511 g/mol. The number of rotatable bonds is 6. The van der Waals surface area contributed by atoms with E-state index in [1.165, 1.54) is 0 Å². The van der Waals surface area contributed by atoms with Crippen LogP contribution in [0.15, 0.2) is 71.6 Å². The number of carbonyl (C=O) groups excluding carboxylic acids is 3. The number of fused-ring (bicyclic) bond motifs is 1. The van der Waals surface area contributed by atoms with Crippen LogP contribution in [-0.2, 0) is 9.59 Å². The fourth-order valence-electron chi connectivity index (χ4n) is 4.53. The molecule has 0 N–H and O–H groups in total. The maximum absolute atomic E-state index is 13.2. The van der Waals surface area contributed by atoms with E-state index in [1.54, 1.807) is 17.0 Å². The summed E-state index contributed by atoms with van der Waals surface area (Å²) in [5, 5.41) is 1.38. The summed E-state index contributed by atoms with van der Waals surface area (Å²) < 4.78 is 5.71. The molecule has 2 aliphatic heterocycles. The second kappa shape index (κ2) is 10.8. The molecule has 37 heavy (non-hydrogen) atoms. The van der Waals surface area contributed by atoms with E-state index in [-0.39, 0.29) is 24.0 Å². The summed E-state index contributed by atoms with van der Waals surface area (Å²) in [6.07, 6.45) is 7.02. The molecule has 2 heterocycles. The van der Waals surface area contributed by atoms with Gasteiger partial charge in [-0.1, -0.05) is 54.5 Å². The molecule has 2 fully saturated rings. The number of anilines is 1. The van der Waals surface area contributed by atoms with Crippen LogP contribution in [0.1, 0.15) is 5.56 Å². The number of piperazine rings is 1. The number of thioether (sulfide) groups is 1. The second-order valence-corrected chi connectivity index (χ2v) is 9.66. The van der Waals surface area contributed by atoms with E-state index in [1.807, 2.05) is 60.7 Å². The predicted octanol–water partition coefficient (Wildman–Crippen LogP) is 4.24. The molecule has 0 bridgehead atoms. The van der Waals surface area contributed by atoms with E-state index in [0.29, 0.717) is 37.5 Å². The van der Waals surface area contributed by atoms with E-state index in [9.17, 15) is 14.4 Å². The van der Waals surface area contributed by atoms with Gasteiger partial charge in [0.05, 0.1) is 4.91 Å². The van der Waals surface area contributed by atoms with Gasteiger partial charge in [-0.3, -0.25) is 19.3 Å². The highest BCUT2D eigenvalue weighted by molar-refractivity contribution is 8.18. The molecule has 0 radical (unpaired) electrons. The van der Waals surface area contributed by atoms with E-state index in [2.05, 4.69) is 10.8 Å². The first-order valence-corrected chi connectivity index (χ1v) is 12.8. The second-order valence-electron chi connectivity index (χ2n) is 8.66. The lowest BCUT2D eigenvalue weighted by atomic mass is 10.0. The Hall–Kier alpha value is -4.22. The summed E-state index contributed by atoms with van der Waals surface area (Å²) >= 11 is 0.828. The van der Waals surface area contributed by atoms with E-state index in [4.69, 9.17) is 11.2 Å². The van der Waals surface area contributed by atoms with Crippen LogP contribution in [0.4, 0.5) is 10.5 Å². The van der Waals surface area contributed by atoms with Gasteiger partial charge in [-0.15, -0.1) is 6.42 Å². The number of benzene rings is 3. The summed E-state index contributed by atoms with van der Waals surface area (Å²) in [7, 11) is 0. The Morgan fingerprint density at radius 1 is 0.973 bits per heavy atom. The van der Waals surface area contributed by atoms with Gasteiger partial charge < -0.3 is 14.5 Å². The Labute approximate surface area is 219 Å². The van der Waals surface area contributed by atoms with Crippen molar-refractivity contribution in [3.63, 3.8) is 0 Å². The van der Waals surface area contributed by atoms with Crippen molar-refractivity contribution < 1.29 is 19.1 Å². The van der Waals surface area contributed by atoms with Crippen LogP contribution in [0.25, 0.3) is 16.8 Å². The molecule has 5 rings (SSSR count). The first-order valence-electron chi connectivity index (χ1n) is 12.0. The number of amides is 3. The Morgan fingerprint density at radius 2 is 1.70 bits per heavy atom. The SMILES string of the molecule is C#CCOc1ccc2ccccc2c1/C=C1/SC(=O)N(CC(=O)N2CCN(c3ccccc3)CC2)C1=O. The molecular weight excluding hydrogens is 486 g/mol. The van der Waals surface area contributed by atoms with Crippen molar-refractivity contribution >= 4 is 51.4 Å². The Balaban J connectivity index is 1.30. The lowest BCUT2D eigenvalue weighted by molar-refractivity contribution is -0.136. The van der Waals surface area contributed by atoms with Gasteiger partial charge in [0.25, 0.3) is 11.1 Å². The Morgan fingerprint density at radius 3 is 2.46 bits per heavy atom. The minimum atomic E-state index is -0.484. The van der Waals surface area contributed by atoms with Crippen molar-refractivity contribution in [3.05, 3.63) is 77.2 Å². The van der Waals surface area contributed by atoms with Crippen LogP contribution in [0.3, 0.4) is 0 Å². The highest BCUT2D eigenvalue weighted by Gasteiger charge is 2.37. The van der Waals surface area contributed by atoms with Crippen LogP contribution >= 0.6 is 11.8 Å². The van der Waals surface area contributed by atoms with E-state index < -0.39 is 11.1 Å². The Kier molecular flexibility index (Phi) is 7.15. The number of hydrogen-bond donors (Lipinski definition) is 0.